The van der Waals surface area contributed by atoms with Crippen molar-refractivity contribution in [2.75, 3.05) is 29.9 Å². The molecule has 2 N–H and O–H groups in total. The molecule has 5 rings (SSSR count). The Kier molecular flexibility index (Phi) is 5.87. The van der Waals surface area contributed by atoms with Crippen LogP contribution in [0, 0.1) is 12.7 Å². The fourth-order valence-electron chi connectivity index (χ4n) is 4.61. The van der Waals surface area contributed by atoms with Gasteiger partial charge >= 0.3 is 0 Å². The molecule has 4 heterocycles. The van der Waals surface area contributed by atoms with Gasteiger partial charge in [-0.05, 0) is 52.0 Å². The maximum Gasteiger partial charge on any atom is 0.229 e. The number of nitrogens with zero attached hydrogens (tertiary/aromatic N) is 6. The highest BCUT2D eigenvalue weighted by atomic mass is 19.1. The number of halogens is 1. The topological polar surface area (TPSA) is 83.8 Å². The second kappa shape index (κ2) is 8.98. The van der Waals surface area contributed by atoms with Crippen molar-refractivity contribution in [1.29, 1.82) is 0 Å². The molecule has 1 saturated heterocycles. The number of nitrogens with one attached hydrogen (secondary N) is 2. The standard InChI is InChI=1S/C25H29FN8/c1-15(2)34-17(4)30-21-7-5-18(11-22(21)34)24-20(26)14-29-25(32-24)31-23-8-6-19(13-28-23)33-10-9-27-12-16(33)3/h5-8,11,13-16,27H,9-10,12H2,1-4H3,(H,28,29,31,32)/t16-/m0/s1. The fourth-order valence-corrected chi connectivity index (χ4v) is 4.61. The minimum Gasteiger partial charge on any atom is -0.365 e. The minimum absolute atomic E-state index is 0.236. The number of piperazine rings is 1. The van der Waals surface area contributed by atoms with Gasteiger partial charge in [-0.3, -0.25) is 0 Å². The quantitative estimate of drug-likeness (QED) is 0.455. The molecule has 0 aliphatic carbocycles. The Hall–Kier alpha value is -3.59. The Bertz CT molecular complexity index is 1310. The van der Waals surface area contributed by atoms with E-state index in [2.05, 4.69) is 60.8 Å². The summed E-state index contributed by atoms with van der Waals surface area (Å²) in [5.74, 6) is 1.35. The summed E-state index contributed by atoms with van der Waals surface area (Å²) in [6.45, 7) is 11.2. The van der Waals surface area contributed by atoms with Gasteiger partial charge in [-0.2, -0.15) is 0 Å². The molecule has 4 aromatic rings. The van der Waals surface area contributed by atoms with Crippen LogP contribution >= 0.6 is 0 Å². The van der Waals surface area contributed by atoms with Crippen molar-refractivity contribution < 1.29 is 4.39 Å². The second-order valence-corrected chi connectivity index (χ2v) is 8.99. The third kappa shape index (κ3) is 4.19. The molecule has 1 aliphatic heterocycles. The number of hydrogen-bond donors (Lipinski definition) is 2. The minimum atomic E-state index is -0.478. The van der Waals surface area contributed by atoms with E-state index in [1.165, 1.54) is 6.20 Å². The van der Waals surface area contributed by atoms with Gasteiger partial charge in [0.15, 0.2) is 5.82 Å². The molecular weight excluding hydrogens is 431 g/mol. The Morgan fingerprint density at radius 1 is 1.12 bits per heavy atom. The number of pyridine rings is 1. The van der Waals surface area contributed by atoms with Crippen molar-refractivity contribution >= 4 is 28.5 Å². The number of aromatic nitrogens is 5. The van der Waals surface area contributed by atoms with Crippen LogP contribution in [0.5, 0.6) is 0 Å². The van der Waals surface area contributed by atoms with Gasteiger partial charge in [0.25, 0.3) is 0 Å². The summed E-state index contributed by atoms with van der Waals surface area (Å²) in [6.07, 6.45) is 3.04. The van der Waals surface area contributed by atoms with Crippen LogP contribution in [0.15, 0.2) is 42.7 Å². The zero-order chi connectivity index (χ0) is 23.8. The van der Waals surface area contributed by atoms with Gasteiger partial charge in [0, 0.05) is 37.3 Å². The van der Waals surface area contributed by atoms with E-state index in [0.29, 0.717) is 23.4 Å². The largest absolute Gasteiger partial charge is 0.365 e. The Morgan fingerprint density at radius 2 is 1.97 bits per heavy atom. The molecule has 3 aromatic heterocycles. The lowest BCUT2D eigenvalue weighted by atomic mass is 10.1. The maximum absolute atomic E-state index is 14.8. The SMILES string of the molecule is Cc1nc2ccc(-c3nc(Nc4ccc(N5CCNC[C@@H]5C)cn4)ncc3F)cc2n1C(C)C. The molecule has 176 valence electrons. The molecule has 9 heteroatoms. The molecule has 0 radical (unpaired) electrons. The summed E-state index contributed by atoms with van der Waals surface area (Å²) in [5, 5.41) is 6.50. The fraction of sp³-hybridized carbons (Fsp3) is 0.360. The first-order valence-corrected chi connectivity index (χ1v) is 11.6. The van der Waals surface area contributed by atoms with Crippen molar-refractivity contribution in [1.82, 2.24) is 29.8 Å². The van der Waals surface area contributed by atoms with Crippen molar-refractivity contribution in [3.8, 4) is 11.3 Å². The maximum atomic E-state index is 14.8. The normalized spacial score (nSPS) is 16.4. The van der Waals surface area contributed by atoms with Crippen LogP contribution in [0.4, 0.5) is 21.8 Å². The molecule has 0 saturated carbocycles. The van der Waals surface area contributed by atoms with E-state index in [1.807, 2.05) is 43.5 Å². The van der Waals surface area contributed by atoms with Gasteiger partial charge < -0.3 is 20.1 Å². The molecule has 0 amide bonds. The molecule has 1 fully saturated rings. The lowest BCUT2D eigenvalue weighted by molar-refractivity contribution is 0.500. The Labute approximate surface area is 198 Å². The number of benzene rings is 1. The van der Waals surface area contributed by atoms with E-state index in [9.17, 15) is 4.39 Å². The summed E-state index contributed by atoms with van der Waals surface area (Å²) in [4.78, 5) is 20.1. The smallest absolute Gasteiger partial charge is 0.229 e. The van der Waals surface area contributed by atoms with E-state index < -0.39 is 5.82 Å². The lowest BCUT2D eigenvalue weighted by Crippen LogP contribution is -2.49. The van der Waals surface area contributed by atoms with E-state index in [1.54, 1.807) is 0 Å². The summed E-state index contributed by atoms with van der Waals surface area (Å²) in [7, 11) is 0. The van der Waals surface area contributed by atoms with Crippen LogP contribution in [0.25, 0.3) is 22.3 Å². The second-order valence-electron chi connectivity index (χ2n) is 8.99. The molecule has 0 spiro atoms. The predicted octanol–water partition coefficient (Wildman–Crippen LogP) is 4.46. The lowest BCUT2D eigenvalue weighted by Gasteiger charge is -2.35. The van der Waals surface area contributed by atoms with E-state index in [-0.39, 0.29) is 11.7 Å². The van der Waals surface area contributed by atoms with Gasteiger partial charge in [0.1, 0.15) is 17.3 Å². The zero-order valence-corrected chi connectivity index (χ0v) is 19.9. The zero-order valence-electron chi connectivity index (χ0n) is 19.9. The average molecular weight is 461 g/mol. The number of imidazole rings is 1. The first-order valence-electron chi connectivity index (χ1n) is 11.6. The third-order valence-corrected chi connectivity index (χ3v) is 6.22. The number of anilines is 3. The van der Waals surface area contributed by atoms with Gasteiger partial charge in [-0.15, -0.1) is 0 Å². The molecule has 34 heavy (non-hydrogen) atoms. The van der Waals surface area contributed by atoms with Crippen molar-refractivity contribution in [3.05, 3.63) is 54.4 Å². The highest BCUT2D eigenvalue weighted by Gasteiger charge is 2.19. The molecule has 1 aliphatic rings. The molecule has 1 atom stereocenters. The monoisotopic (exact) mass is 460 g/mol. The highest BCUT2D eigenvalue weighted by molar-refractivity contribution is 5.82. The van der Waals surface area contributed by atoms with Crippen LogP contribution in [-0.4, -0.2) is 50.2 Å². The summed E-state index contributed by atoms with van der Waals surface area (Å²) >= 11 is 0. The van der Waals surface area contributed by atoms with Crippen LogP contribution in [0.2, 0.25) is 0 Å². The highest BCUT2D eigenvalue weighted by Crippen LogP contribution is 2.28. The van der Waals surface area contributed by atoms with E-state index >= 15 is 0 Å². The summed E-state index contributed by atoms with van der Waals surface area (Å²) < 4.78 is 16.9. The molecule has 8 nitrogen and oxygen atoms in total. The molecule has 1 aromatic carbocycles. The van der Waals surface area contributed by atoms with E-state index in [0.717, 1.165) is 42.2 Å². The summed E-state index contributed by atoms with van der Waals surface area (Å²) in [6, 6.07) is 10.3. The first-order chi connectivity index (χ1) is 16.4. The van der Waals surface area contributed by atoms with Crippen molar-refractivity contribution in [2.45, 2.75) is 39.8 Å². The predicted molar refractivity (Wildman–Crippen MR) is 133 cm³/mol. The third-order valence-electron chi connectivity index (χ3n) is 6.22. The van der Waals surface area contributed by atoms with Gasteiger partial charge in [0.05, 0.1) is 29.1 Å². The van der Waals surface area contributed by atoms with Crippen molar-refractivity contribution in [2.24, 2.45) is 0 Å². The Balaban J connectivity index is 1.42. The summed E-state index contributed by atoms with van der Waals surface area (Å²) in [5.41, 5.74) is 3.82. The number of rotatable bonds is 5. The molecular formula is C25H29FN8. The van der Waals surface area contributed by atoms with Crippen LogP contribution in [0.3, 0.4) is 0 Å². The van der Waals surface area contributed by atoms with Gasteiger partial charge in [0.2, 0.25) is 5.95 Å². The van der Waals surface area contributed by atoms with Crippen molar-refractivity contribution in [3.63, 3.8) is 0 Å². The van der Waals surface area contributed by atoms with Gasteiger partial charge in [-0.25, -0.2) is 24.3 Å². The average Bonchev–Trinajstić information content (AvgIpc) is 3.16. The van der Waals surface area contributed by atoms with Crippen LogP contribution in [0.1, 0.15) is 32.6 Å². The number of aryl methyl sites for hydroxylation is 1. The molecule has 0 unspecified atom stereocenters. The Morgan fingerprint density at radius 3 is 2.71 bits per heavy atom. The number of hydrogen-bond acceptors (Lipinski definition) is 7. The molecule has 0 bridgehead atoms. The van der Waals surface area contributed by atoms with Gasteiger partial charge in [-0.1, -0.05) is 6.07 Å². The first kappa shape index (κ1) is 22.2. The van der Waals surface area contributed by atoms with Crippen LogP contribution < -0.4 is 15.5 Å². The van der Waals surface area contributed by atoms with E-state index in [4.69, 9.17) is 0 Å². The van der Waals surface area contributed by atoms with Crippen LogP contribution in [-0.2, 0) is 0 Å². The number of fused-ring (bicyclic) bond motifs is 1.